The Bertz CT molecular complexity index is 776. The van der Waals surface area contributed by atoms with Gasteiger partial charge in [-0.15, -0.1) is 11.3 Å². The van der Waals surface area contributed by atoms with E-state index in [0.29, 0.717) is 12.2 Å². The van der Waals surface area contributed by atoms with Gasteiger partial charge in [0.05, 0.1) is 10.7 Å². The van der Waals surface area contributed by atoms with Gasteiger partial charge in [-0.25, -0.2) is 9.67 Å². The van der Waals surface area contributed by atoms with Gasteiger partial charge in [-0.3, -0.25) is 9.59 Å². The Morgan fingerprint density at radius 2 is 2.13 bits per heavy atom. The minimum absolute atomic E-state index is 0.115. The summed E-state index contributed by atoms with van der Waals surface area (Å²) in [6, 6.07) is 2.89. The normalized spacial score (nSPS) is 18.2. The minimum Gasteiger partial charge on any atom is -0.337 e. The molecule has 1 aliphatic rings. The fourth-order valence-corrected chi connectivity index (χ4v) is 3.86. The van der Waals surface area contributed by atoms with Crippen LogP contribution in [-0.2, 0) is 7.05 Å². The number of carbonyl (C=O) groups is 1. The van der Waals surface area contributed by atoms with Crippen molar-refractivity contribution in [2.24, 2.45) is 7.05 Å². The van der Waals surface area contributed by atoms with Gasteiger partial charge in [0.15, 0.2) is 0 Å². The molecule has 3 heterocycles. The lowest BCUT2D eigenvalue weighted by atomic mass is 9.98. The summed E-state index contributed by atoms with van der Waals surface area (Å²) in [5.41, 5.74) is 1.18. The van der Waals surface area contributed by atoms with Gasteiger partial charge < -0.3 is 4.90 Å². The van der Waals surface area contributed by atoms with Crippen LogP contribution in [-0.4, -0.2) is 38.7 Å². The third-order valence-corrected chi connectivity index (χ3v) is 5.52. The van der Waals surface area contributed by atoms with Crippen molar-refractivity contribution >= 4 is 17.2 Å². The number of hydrogen-bond acceptors (Lipinski definition) is 5. The van der Waals surface area contributed by atoms with Crippen molar-refractivity contribution in [2.75, 3.05) is 13.1 Å². The highest BCUT2D eigenvalue weighted by atomic mass is 32.1. The average Bonchev–Trinajstić information content (AvgIpc) is 2.89. The van der Waals surface area contributed by atoms with Crippen molar-refractivity contribution in [2.45, 2.75) is 32.6 Å². The highest BCUT2D eigenvalue weighted by Gasteiger charge is 2.28. The molecule has 1 fully saturated rings. The monoisotopic (exact) mass is 332 g/mol. The first-order valence-electron chi connectivity index (χ1n) is 7.73. The molecule has 1 atom stereocenters. The van der Waals surface area contributed by atoms with Crippen molar-refractivity contribution in [1.82, 2.24) is 19.7 Å². The summed E-state index contributed by atoms with van der Waals surface area (Å²) in [7, 11) is 1.55. The standard InChI is InChI=1S/C16H20N4O2S/c1-10-11(2)23-15(17-10)12-5-4-8-20(9-12)16(22)13-6-7-14(21)19(3)18-13/h6-7,12H,4-5,8-9H2,1-3H3/t12-/m1/s1. The molecule has 0 saturated carbocycles. The van der Waals surface area contributed by atoms with E-state index >= 15 is 0 Å². The van der Waals surface area contributed by atoms with Gasteiger partial charge in [-0.05, 0) is 32.8 Å². The van der Waals surface area contributed by atoms with E-state index in [1.807, 2.05) is 11.8 Å². The number of rotatable bonds is 2. The Kier molecular flexibility index (Phi) is 4.30. The molecule has 122 valence electrons. The van der Waals surface area contributed by atoms with Gasteiger partial charge in [0.25, 0.3) is 11.5 Å². The van der Waals surface area contributed by atoms with Crippen molar-refractivity contribution in [1.29, 1.82) is 0 Å². The van der Waals surface area contributed by atoms with Crippen LogP contribution >= 0.6 is 11.3 Å². The number of aryl methyl sites for hydroxylation is 3. The predicted octanol–water partition coefficient (Wildman–Crippen LogP) is 1.87. The van der Waals surface area contributed by atoms with E-state index in [4.69, 9.17) is 0 Å². The van der Waals surface area contributed by atoms with E-state index in [1.165, 1.54) is 21.7 Å². The number of nitrogens with zero attached hydrogens (tertiary/aromatic N) is 4. The molecule has 0 N–H and O–H groups in total. The first-order chi connectivity index (χ1) is 11.0. The van der Waals surface area contributed by atoms with E-state index in [2.05, 4.69) is 17.0 Å². The van der Waals surface area contributed by atoms with Gasteiger partial charge in [0.2, 0.25) is 0 Å². The van der Waals surface area contributed by atoms with E-state index in [9.17, 15) is 9.59 Å². The fraction of sp³-hybridized carbons (Fsp3) is 0.500. The van der Waals surface area contributed by atoms with Crippen LogP contribution < -0.4 is 5.56 Å². The minimum atomic E-state index is -0.216. The molecule has 0 unspecified atom stereocenters. The van der Waals surface area contributed by atoms with Gasteiger partial charge in [0.1, 0.15) is 5.69 Å². The van der Waals surface area contributed by atoms with Gasteiger partial charge in [0, 0.05) is 37.0 Å². The summed E-state index contributed by atoms with van der Waals surface area (Å²) in [6.45, 7) is 5.49. The quantitative estimate of drug-likeness (QED) is 0.842. The van der Waals surface area contributed by atoms with Crippen LogP contribution in [0, 0.1) is 13.8 Å². The lowest BCUT2D eigenvalue weighted by Crippen LogP contribution is -2.40. The molecule has 2 aromatic heterocycles. The van der Waals surface area contributed by atoms with Crippen molar-refractivity contribution < 1.29 is 4.79 Å². The Balaban J connectivity index is 1.78. The molecule has 7 heteroatoms. The van der Waals surface area contributed by atoms with Crippen LogP contribution in [0.4, 0.5) is 0 Å². The molecule has 1 aliphatic heterocycles. The predicted molar refractivity (Wildman–Crippen MR) is 88.9 cm³/mol. The Hall–Kier alpha value is -2.02. The maximum absolute atomic E-state index is 12.6. The summed E-state index contributed by atoms with van der Waals surface area (Å²) in [6.07, 6.45) is 2.01. The van der Waals surface area contributed by atoms with E-state index in [-0.39, 0.29) is 17.4 Å². The van der Waals surface area contributed by atoms with Crippen LogP contribution in [0.25, 0.3) is 0 Å². The van der Waals surface area contributed by atoms with Crippen molar-refractivity contribution in [3.05, 3.63) is 43.8 Å². The number of piperidine rings is 1. The second-order valence-electron chi connectivity index (χ2n) is 5.96. The molecule has 3 rings (SSSR count). The molecule has 2 aromatic rings. The van der Waals surface area contributed by atoms with E-state index in [0.717, 1.165) is 30.1 Å². The molecular formula is C16H20N4O2S. The topological polar surface area (TPSA) is 68.1 Å². The number of amides is 1. The van der Waals surface area contributed by atoms with E-state index < -0.39 is 0 Å². The van der Waals surface area contributed by atoms with Crippen LogP contribution in [0.1, 0.15) is 44.8 Å². The molecule has 6 nitrogen and oxygen atoms in total. The average molecular weight is 332 g/mol. The number of hydrogen-bond donors (Lipinski definition) is 0. The zero-order valence-corrected chi connectivity index (χ0v) is 14.4. The molecular weight excluding hydrogens is 312 g/mol. The van der Waals surface area contributed by atoms with Crippen molar-refractivity contribution in [3.8, 4) is 0 Å². The van der Waals surface area contributed by atoms with Crippen LogP contribution in [0.3, 0.4) is 0 Å². The van der Waals surface area contributed by atoms with Gasteiger partial charge in [-0.2, -0.15) is 5.10 Å². The summed E-state index contributed by atoms with van der Waals surface area (Å²) in [5, 5.41) is 5.18. The highest BCUT2D eigenvalue weighted by Crippen LogP contribution is 2.31. The number of likely N-dealkylation sites (tertiary alicyclic amines) is 1. The Morgan fingerprint density at radius 1 is 1.35 bits per heavy atom. The SMILES string of the molecule is Cc1nc([C@@H]2CCCN(C(=O)c3ccc(=O)n(C)n3)C2)sc1C. The number of aromatic nitrogens is 3. The third kappa shape index (κ3) is 3.19. The smallest absolute Gasteiger partial charge is 0.274 e. The summed E-state index contributed by atoms with van der Waals surface area (Å²) in [5.74, 6) is 0.174. The fourth-order valence-electron chi connectivity index (χ4n) is 2.81. The second-order valence-corrected chi connectivity index (χ2v) is 7.20. The first kappa shape index (κ1) is 15.9. The largest absolute Gasteiger partial charge is 0.337 e. The lowest BCUT2D eigenvalue weighted by molar-refractivity contribution is 0.0698. The zero-order chi connectivity index (χ0) is 16.6. The van der Waals surface area contributed by atoms with Gasteiger partial charge in [-0.1, -0.05) is 0 Å². The first-order valence-corrected chi connectivity index (χ1v) is 8.55. The number of carbonyl (C=O) groups excluding carboxylic acids is 1. The summed E-state index contributed by atoms with van der Waals surface area (Å²) < 4.78 is 1.20. The molecule has 0 bridgehead atoms. The molecule has 0 aliphatic carbocycles. The number of thiazole rings is 1. The Morgan fingerprint density at radius 3 is 2.78 bits per heavy atom. The van der Waals surface area contributed by atoms with Crippen molar-refractivity contribution in [3.63, 3.8) is 0 Å². The van der Waals surface area contributed by atoms with Crippen LogP contribution in [0.2, 0.25) is 0 Å². The zero-order valence-electron chi connectivity index (χ0n) is 13.6. The molecule has 1 saturated heterocycles. The molecule has 23 heavy (non-hydrogen) atoms. The third-order valence-electron chi connectivity index (χ3n) is 4.28. The second kappa shape index (κ2) is 6.23. The molecule has 0 radical (unpaired) electrons. The van der Waals surface area contributed by atoms with E-state index in [1.54, 1.807) is 18.4 Å². The summed E-state index contributed by atoms with van der Waals surface area (Å²) >= 11 is 1.72. The summed E-state index contributed by atoms with van der Waals surface area (Å²) in [4.78, 5) is 31.8. The van der Waals surface area contributed by atoms with Crippen LogP contribution in [0.15, 0.2) is 16.9 Å². The maximum atomic E-state index is 12.6. The molecule has 1 amide bonds. The van der Waals surface area contributed by atoms with Gasteiger partial charge >= 0.3 is 0 Å². The van der Waals surface area contributed by atoms with Crippen LogP contribution in [0.5, 0.6) is 0 Å². The lowest BCUT2D eigenvalue weighted by Gasteiger charge is -2.31. The molecule has 0 spiro atoms. The highest BCUT2D eigenvalue weighted by molar-refractivity contribution is 7.11. The molecule has 0 aromatic carbocycles. The Labute approximate surface area is 138 Å². The maximum Gasteiger partial charge on any atom is 0.274 e.